The van der Waals surface area contributed by atoms with Crippen LogP contribution in [0.25, 0.3) is 0 Å². The number of anilines is 1. The first-order valence-corrected chi connectivity index (χ1v) is 17.6. The minimum absolute atomic E-state index is 0.00946. The van der Waals surface area contributed by atoms with Crippen LogP contribution in [0.5, 0.6) is 0 Å². The molecule has 0 unspecified atom stereocenters. The summed E-state index contributed by atoms with van der Waals surface area (Å²) in [6.07, 6.45) is 14.3. The SMILES string of the molecule is COC1CCC(N(C(=O)C2CCC(C)CC2)c2cc(C3CCC(C)(C)CC3)sc2C(=O)[O-])CC1.NCCCC[C@H](N)C(=O)O. The number of rotatable bonds is 11. The minimum atomic E-state index is -1.15. The largest absolute Gasteiger partial charge is 0.544 e. The molecule has 4 rings (SSSR count). The third-order valence-corrected chi connectivity index (χ3v) is 11.4. The molecule has 1 atom stereocenters. The lowest BCUT2D eigenvalue weighted by molar-refractivity contribution is -0.254. The van der Waals surface area contributed by atoms with Crippen LogP contribution in [0, 0.1) is 17.3 Å². The van der Waals surface area contributed by atoms with Crippen molar-refractivity contribution in [2.75, 3.05) is 18.6 Å². The second-order valence-corrected chi connectivity index (χ2v) is 15.2. The van der Waals surface area contributed by atoms with Crippen molar-refractivity contribution in [3.8, 4) is 0 Å². The number of amides is 1. The molecule has 3 aliphatic rings. The van der Waals surface area contributed by atoms with Gasteiger partial charge in [0.25, 0.3) is 0 Å². The van der Waals surface area contributed by atoms with E-state index in [0.717, 1.165) is 94.8 Å². The predicted molar refractivity (Wildman–Crippen MR) is 174 cm³/mol. The molecule has 0 radical (unpaired) electrons. The Hall–Kier alpha value is -2.01. The number of aromatic carboxylic acids is 1. The fraction of sp³-hybridized carbons (Fsp3) is 0.794. The molecule has 0 saturated heterocycles. The topological polar surface area (TPSA) is 159 Å². The van der Waals surface area contributed by atoms with Crippen molar-refractivity contribution in [1.29, 1.82) is 0 Å². The number of aliphatic carboxylic acids is 1. The Labute approximate surface area is 268 Å². The van der Waals surface area contributed by atoms with Gasteiger partial charge in [0.2, 0.25) is 5.91 Å². The van der Waals surface area contributed by atoms with Crippen LogP contribution in [0.4, 0.5) is 5.69 Å². The first-order valence-electron chi connectivity index (χ1n) is 16.8. The third kappa shape index (κ3) is 10.3. The number of methoxy groups -OCH3 is 1. The van der Waals surface area contributed by atoms with Crippen LogP contribution in [0.2, 0.25) is 0 Å². The van der Waals surface area contributed by atoms with E-state index in [1.54, 1.807) is 7.11 Å². The van der Waals surface area contributed by atoms with E-state index >= 15 is 0 Å². The van der Waals surface area contributed by atoms with E-state index < -0.39 is 18.0 Å². The van der Waals surface area contributed by atoms with Crippen LogP contribution in [0.15, 0.2) is 6.07 Å². The molecule has 1 aromatic heterocycles. The van der Waals surface area contributed by atoms with Crippen molar-refractivity contribution in [3.63, 3.8) is 0 Å². The summed E-state index contributed by atoms with van der Waals surface area (Å²) in [5.74, 6) is -0.924. The summed E-state index contributed by atoms with van der Waals surface area (Å²) in [5, 5.41) is 20.6. The lowest BCUT2D eigenvalue weighted by atomic mass is 9.73. The normalized spacial score (nSPS) is 26.2. The maximum Gasteiger partial charge on any atom is 0.320 e. The van der Waals surface area contributed by atoms with Gasteiger partial charge in [-0.05, 0) is 120 Å². The molecule has 0 bridgehead atoms. The lowest BCUT2D eigenvalue weighted by Gasteiger charge is -2.39. The Morgan fingerprint density at radius 3 is 2.18 bits per heavy atom. The molecule has 3 aliphatic carbocycles. The van der Waals surface area contributed by atoms with Crippen molar-refractivity contribution in [2.45, 2.75) is 141 Å². The fourth-order valence-electron chi connectivity index (χ4n) is 6.98. The number of carbonyl (C=O) groups is 3. The van der Waals surface area contributed by atoms with Gasteiger partial charge in [-0.3, -0.25) is 9.59 Å². The fourth-order valence-corrected chi connectivity index (χ4v) is 8.13. The number of carboxylic acid groups (broad SMARTS) is 2. The summed E-state index contributed by atoms with van der Waals surface area (Å²) in [4.78, 5) is 39.7. The van der Waals surface area contributed by atoms with Gasteiger partial charge in [0.05, 0.1) is 22.6 Å². The Morgan fingerprint density at radius 2 is 1.66 bits per heavy atom. The van der Waals surface area contributed by atoms with Gasteiger partial charge < -0.3 is 36.1 Å². The van der Waals surface area contributed by atoms with E-state index in [4.69, 9.17) is 21.3 Å². The average molecular weight is 635 g/mol. The molecule has 3 fully saturated rings. The molecule has 5 N–H and O–H groups in total. The van der Waals surface area contributed by atoms with Crippen LogP contribution >= 0.6 is 11.3 Å². The second-order valence-electron chi connectivity index (χ2n) is 14.1. The van der Waals surface area contributed by atoms with Crippen LogP contribution in [-0.4, -0.2) is 54.8 Å². The third-order valence-electron chi connectivity index (χ3n) is 10.1. The molecular formula is C34H56N3O6S-. The highest BCUT2D eigenvalue weighted by Crippen LogP contribution is 2.47. The first-order chi connectivity index (χ1) is 20.9. The zero-order chi connectivity index (χ0) is 32.4. The molecule has 0 spiro atoms. The Morgan fingerprint density at radius 1 is 1.05 bits per heavy atom. The Bertz CT molecular complexity index is 1070. The molecule has 10 heteroatoms. The van der Waals surface area contributed by atoms with E-state index in [2.05, 4.69) is 20.8 Å². The van der Waals surface area contributed by atoms with Crippen LogP contribution < -0.4 is 21.5 Å². The molecule has 250 valence electrons. The first kappa shape index (κ1) is 36.5. The summed E-state index contributed by atoms with van der Waals surface area (Å²) in [6, 6.07) is 1.36. The number of carbonyl (C=O) groups excluding carboxylic acids is 2. The Kier molecular flexibility index (Phi) is 14.1. The molecular weight excluding hydrogens is 578 g/mol. The van der Waals surface area contributed by atoms with E-state index in [9.17, 15) is 19.5 Å². The van der Waals surface area contributed by atoms with E-state index in [0.29, 0.717) is 35.9 Å². The number of carboxylic acids is 2. The molecule has 1 amide bonds. The number of nitrogens with zero attached hydrogens (tertiary/aromatic N) is 1. The highest BCUT2D eigenvalue weighted by molar-refractivity contribution is 7.14. The molecule has 3 saturated carbocycles. The van der Waals surface area contributed by atoms with E-state index in [1.165, 1.54) is 11.3 Å². The van der Waals surface area contributed by atoms with Gasteiger partial charge in [-0.1, -0.05) is 27.2 Å². The number of ether oxygens (including phenoxy) is 1. The standard InChI is InChI=1S/C28H43NO4S.C6H14N2O2/c1-18-5-7-20(8-6-18)26(30)29(21-9-11-22(33-4)12-10-21)23-17-24(34-25(23)27(31)32)19-13-15-28(2,3)16-14-19;7-4-2-1-3-5(8)6(9)10/h17-22H,5-16H2,1-4H3,(H,31,32);5H,1-4,7-8H2,(H,9,10)/p-1/t;5-/m.0/s1. The van der Waals surface area contributed by atoms with Gasteiger partial charge in [0.1, 0.15) is 6.04 Å². The van der Waals surface area contributed by atoms with Gasteiger partial charge in [-0.25, -0.2) is 0 Å². The molecule has 0 aromatic carbocycles. The molecule has 0 aliphatic heterocycles. The molecule has 44 heavy (non-hydrogen) atoms. The van der Waals surface area contributed by atoms with E-state index in [1.807, 2.05) is 11.0 Å². The van der Waals surface area contributed by atoms with Gasteiger partial charge in [-0.2, -0.15) is 0 Å². The van der Waals surface area contributed by atoms with Gasteiger partial charge >= 0.3 is 5.97 Å². The van der Waals surface area contributed by atoms with Gasteiger partial charge in [0.15, 0.2) is 0 Å². The average Bonchev–Trinajstić information content (AvgIpc) is 3.43. The zero-order valence-corrected chi connectivity index (χ0v) is 28.2. The maximum atomic E-state index is 14.0. The number of hydrogen-bond donors (Lipinski definition) is 3. The summed E-state index contributed by atoms with van der Waals surface area (Å²) in [7, 11) is 1.75. The lowest BCUT2D eigenvalue weighted by Crippen LogP contribution is -2.47. The van der Waals surface area contributed by atoms with Crippen molar-refractivity contribution in [1.82, 2.24) is 0 Å². The van der Waals surface area contributed by atoms with Gasteiger partial charge in [0, 0.05) is 23.9 Å². The quantitative estimate of drug-likeness (QED) is 0.271. The number of unbranched alkanes of at least 4 members (excludes halogenated alkanes) is 1. The summed E-state index contributed by atoms with van der Waals surface area (Å²) in [6.45, 7) is 7.50. The summed E-state index contributed by atoms with van der Waals surface area (Å²) in [5.41, 5.74) is 11.4. The van der Waals surface area contributed by atoms with Crippen molar-refractivity contribution < 1.29 is 29.3 Å². The highest BCUT2D eigenvalue weighted by Gasteiger charge is 2.38. The smallest absolute Gasteiger partial charge is 0.320 e. The zero-order valence-electron chi connectivity index (χ0n) is 27.4. The molecule has 1 heterocycles. The van der Waals surface area contributed by atoms with Crippen molar-refractivity contribution in [2.24, 2.45) is 28.7 Å². The number of hydrogen-bond acceptors (Lipinski definition) is 8. The van der Waals surface area contributed by atoms with Crippen LogP contribution in [0.1, 0.15) is 138 Å². The van der Waals surface area contributed by atoms with Crippen molar-refractivity contribution >= 4 is 34.9 Å². The second kappa shape index (κ2) is 17.1. The monoisotopic (exact) mass is 634 g/mol. The molecule has 9 nitrogen and oxygen atoms in total. The van der Waals surface area contributed by atoms with Gasteiger partial charge in [-0.15, -0.1) is 11.3 Å². The van der Waals surface area contributed by atoms with Crippen LogP contribution in [0.3, 0.4) is 0 Å². The maximum absolute atomic E-state index is 14.0. The predicted octanol–water partition coefficient (Wildman–Crippen LogP) is 5.44. The van der Waals surface area contributed by atoms with Crippen molar-refractivity contribution in [3.05, 3.63) is 15.8 Å². The minimum Gasteiger partial charge on any atom is -0.544 e. The number of thiophene rings is 1. The van der Waals surface area contributed by atoms with E-state index in [-0.39, 0.29) is 28.8 Å². The number of nitrogens with two attached hydrogens (primary N) is 2. The van der Waals surface area contributed by atoms with Crippen LogP contribution in [-0.2, 0) is 14.3 Å². The summed E-state index contributed by atoms with van der Waals surface area (Å²) >= 11 is 1.36. The highest BCUT2D eigenvalue weighted by atomic mass is 32.1. The molecule has 1 aromatic rings. The Balaban J connectivity index is 0.000000456. The summed E-state index contributed by atoms with van der Waals surface area (Å²) < 4.78 is 5.57.